The third-order valence-corrected chi connectivity index (χ3v) is 2.73. The molecule has 0 fully saturated rings. The molecule has 2 aromatic rings. The second-order valence-corrected chi connectivity index (χ2v) is 4.15. The summed E-state index contributed by atoms with van der Waals surface area (Å²) >= 11 is 5.97. The third kappa shape index (κ3) is 3.94. The maximum absolute atomic E-state index is 12.0. The number of hydrogen-bond acceptors (Lipinski definition) is 4. The minimum absolute atomic E-state index is 0. The monoisotopic (exact) mass is 293 g/mol. The highest BCUT2D eigenvalue weighted by Crippen LogP contribution is 2.21. The summed E-state index contributed by atoms with van der Waals surface area (Å²) in [6, 6.07) is 10.4. The van der Waals surface area contributed by atoms with E-state index in [1.54, 1.807) is 36.4 Å². The fourth-order valence-electron chi connectivity index (χ4n) is 1.52. The predicted molar refractivity (Wildman–Crippen MR) is 79.8 cm³/mol. The summed E-state index contributed by atoms with van der Waals surface area (Å²) in [6.07, 6.45) is 1.52. The van der Waals surface area contributed by atoms with E-state index in [9.17, 15) is 4.79 Å². The van der Waals surface area contributed by atoms with Crippen LogP contribution in [0, 0.1) is 0 Å². The summed E-state index contributed by atoms with van der Waals surface area (Å²) in [5.74, 6) is 0.327. The van der Waals surface area contributed by atoms with Gasteiger partial charge in [-0.15, -0.1) is 0 Å². The number of nitrogens with one attached hydrogen (secondary N) is 1. The molecule has 106 valence electrons. The van der Waals surface area contributed by atoms with E-state index in [2.05, 4.69) is 10.3 Å². The van der Waals surface area contributed by atoms with Crippen molar-refractivity contribution in [2.24, 2.45) is 0 Å². The summed E-state index contributed by atoms with van der Waals surface area (Å²) in [7, 11) is 0. The van der Waals surface area contributed by atoms with Gasteiger partial charge in [0.05, 0.1) is 23.5 Å². The van der Waals surface area contributed by atoms with E-state index in [1.807, 2.05) is 6.92 Å². The summed E-state index contributed by atoms with van der Waals surface area (Å²) in [6.45, 7) is 2.45. The molecule has 1 amide bonds. The molecule has 0 bridgehead atoms. The Morgan fingerprint density at radius 1 is 1.30 bits per heavy atom. The number of rotatable bonds is 4. The van der Waals surface area contributed by atoms with Gasteiger partial charge in [-0.25, -0.2) is 4.98 Å². The lowest BCUT2D eigenvalue weighted by molar-refractivity contribution is 0.102. The van der Waals surface area contributed by atoms with Crippen LogP contribution >= 0.6 is 11.6 Å². The molecular weight excluding hydrogens is 278 g/mol. The number of halogens is 1. The number of para-hydroxylation sites is 1. The quantitative estimate of drug-likeness (QED) is 0.902. The number of anilines is 1. The molecule has 0 aliphatic rings. The van der Waals surface area contributed by atoms with Crippen LogP contribution in [-0.4, -0.2) is 17.5 Å². The first-order valence-electron chi connectivity index (χ1n) is 5.85. The molecule has 5 nitrogen and oxygen atoms in total. The highest BCUT2D eigenvalue weighted by atomic mass is 35.5. The molecule has 1 aromatic heterocycles. The third-order valence-electron chi connectivity index (χ3n) is 2.40. The van der Waals surface area contributed by atoms with Crippen LogP contribution in [0.5, 0.6) is 5.75 Å². The lowest BCUT2D eigenvalue weighted by Gasteiger charge is -2.07. The lowest BCUT2D eigenvalue weighted by Crippen LogP contribution is -2.13. The minimum atomic E-state index is -0.309. The molecule has 0 aliphatic heterocycles. The van der Waals surface area contributed by atoms with Gasteiger partial charge in [-0.05, 0) is 31.2 Å². The zero-order chi connectivity index (χ0) is 13.7. The number of carbonyl (C=O) groups excluding carboxylic acids is 1. The molecule has 0 aliphatic carbocycles. The number of pyridine rings is 1. The highest BCUT2D eigenvalue weighted by molar-refractivity contribution is 6.33. The molecule has 20 heavy (non-hydrogen) atoms. The maximum Gasteiger partial charge on any atom is 0.274 e. The summed E-state index contributed by atoms with van der Waals surface area (Å²) in [5.41, 5.74) is 0.869. The van der Waals surface area contributed by atoms with Gasteiger partial charge >= 0.3 is 0 Å². The van der Waals surface area contributed by atoms with Gasteiger partial charge in [0.15, 0.2) is 0 Å². The van der Waals surface area contributed by atoms with Gasteiger partial charge in [-0.1, -0.05) is 23.7 Å². The van der Waals surface area contributed by atoms with E-state index < -0.39 is 0 Å². The topological polar surface area (TPSA) is 86.2 Å². The number of ether oxygens (including phenoxy) is 1. The Kier molecular flexibility index (Phi) is 5.96. The molecule has 0 saturated carbocycles. The zero-order valence-electron chi connectivity index (χ0n) is 11.1. The smallest absolute Gasteiger partial charge is 0.274 e. The molecule has 0 atom stereocenters. The van der Waals surface area contributed by atoms with Crippen LogP contribution in [0.25, 0.3) is 0 Å². The van der Waals surface area contributed by atoms with Crippen molar-refractivity contribution in [1.29, 1.82) is 0 Å². The van der Waals surface area contributed by atoms with Gasteiger partial charge < -0.3 is 16.2 Å². The van der Waals surface area contributed by atoms with E-state index in [1.165, 1.54) is 6.20 Å². The van der Waals surface area contributed by atoms with E-state index in [4.69, 9.17) is 16.3 Å². The Morgan fingerprint density at radius 3 is 2.65 bits per heavy atom. The number of aromatic nitrogens is 1. The molecular formula is C14H16ClN3O2. The summed E-state index contributed by atoms with van der Waals surface area (Å²) in [5, 5.41) is 3.19. The average molecular weight is 294 g/mol. The number of benzene rings is 1. The predicted octanol–water partition coefficient (Wildman–Crippen LogP) is 3.55. The molecule has 1 aromatic carbocycles. The molecule has 0 radical (unpaired) electrons. The van der Waals surface area contributed by atoms with Crippen LogP contribution in [-0.2, 0) is 0 Å². The Hall–Kier alpha value is -2.11. The van der Waals surface area contributed by atoms with Crippen molar-refractivity contribution in [2.45, 2.75) is 6.92 Å². The minimum Gasteiger partial charge on any atom is -0.492 e. The molecule has 2 rings (SSSR count). The van der Waals surface area contributed by atoms with Crippen molar-refractivity contribution in [3.8, 4) is 5.75 Å². The van der Waals surface area contributed by atoms with E-state index in [0.29, 0.717) is 28.8 Å². The van der Waals surface area contributed by atoms with Gasteiger partial charge in [-0.2, -0.15) is 0 Å². The largest absolute Gasteiger partial charge is 0.492 e. The maximum atomic E-state index is 12.0. The first-order chi connectivity index (χ1) is 9.20. The van der Waals surface area contributed by atoms with Crippen molar-refractivity contribution >= 4 is 23.2 Å². The molecule has 6 heteroatoms. The van der Waals surface area contributed by atoms with Crippen LogP contribution in [0.1, 0.15) is 17.4 Å². The van der Waals surface area contributed by atoms with Gasteiger partial charge in [0.1, 0.15) is 11.4 Å². The van der Waals surface area contributed by atoms with Crippen molar-refractivity contribution in [3.63, 3.8) is 0 Å². The van der Waals surface area contributed by atoms with Crippen molar-refractivity contribution in [1.82, 2.24) is 11.1 Å². The van der Waals surface area contributed by atoms with E-state index in [0.717, 1.165) is 0 Å². The normalized spacial score (nSPS) is 9.50. The molecule has 0 saturated heterocycles. The Bertz CT molecular complexity index is 573. The van der Waals surface area contributed by atoms with Crippen LogP contribution in [0.15, 0.2) is 42.6 Å². The van der Waals surface area contributed by atoms with Gasteiger partial charge in [0.2, 0.25) is 0 Å². The van der Waals surface area contributed by atoms with Crippen molar-refractivity contribution in [2.75, 3.05) is 11.9 Å². The molecule has 4 N–H and O–H groups in total. The molecule has 0 unspecified atom stereocenters. The van der Waals surface area contributed by atoms with E-state index in [-0.39, 0.29) is 12.1 Å². The summed E-state index contributed by atoms with van der Waals surface area (Å²) in [4.78, 5) is 16.0. The van der Waals surface area contributed by atoms with Gasteiger partial charge in [0.25, 0.3) is 5.91 Å². The second-order valence-electron chi connectivity index (χ2n) is 3.75. The van der Waals surface area contributed by atoms with Crippen molar-refractivity contribution in [3.05, 3.63) is 53.3 Å². The number of nitrogens with zero attached hydrogens (tertiary/aromatic N) is 1. The highest BCUT2D eigenvalue weighted by Gasteiger charge is 2.09. The molecule has 0 spiro atoms. The van der Waals surface area contributed by atoms with Crippen LogP contribution in [0.2, 0.25) is 5.02 Å². The van der Waals surface area contributed by atoms with Gasteiger partial charge in [0, 0.05) is 0 Å². The average Bonchev–Trinajstić information content (AvgIpc) is 2.42. The Morgan fingerprint density at radius 2 is 2.05 bits per heavy atom. The lowest BCUT2D eigenvalue weighted by atomic mass is 10.3. The standard InChI is InChI=1S/C14H13ClN2O2.H3N/c1-2-19-10-7-8-13(16-9-10)14(18)17-12-6-4-3-5-11(12)15;/h3-9H,2H2,1H3,(H,17,18);1H3. The Labute approximate surface area is 122 Å². The van der Waals surface area contributed by atoms with Crippen LogP contribution in [0.4, 0.5) is 5.69 Å². The Balaban J connectivity index is 0.00000200. The zero-order valence-corrected chi connectivity index (χ0v) is 11.9. The SMILES string of the molecule is CCOc1ccc(C(=O)Nc2ccccc2Cl)nc1.N. The first-order valence-corrected chi connectivity index (χ1v) is 6.23. The summed E-state index contributed by atoms with van der Waals surface area (Å²) < 4.78 is 5.26. The number of amides is 1. The van der Waals surface area contributed by atoms with Gasteiger partial charge in [-0.3, -0.25) is 4.79 Å². The van der Waals surface area contributed by atoms with Crippen molar-refractivity contribution < 1.29 is 9.53 Å². The first kappa shape index (κ1) is 15.9. The van der Waals surface area contributed by atoms with E-state index >= 15 is 0 Å². The number of carbonyl (C=O) groups is 1. The fourth-order valence-corrected chi connectivity index (χ4v) is 1.70. The fraction of sp³-hybridized carbons (Fsp3) is 0.143. The molecule has 1 heterocycles. The van der Waals surface area contributed by atoms with Crippen LogP contribution < -0.4 is 16.2 Å². The second kappa shape index (κ2) is 7.47. The van der Waals surface area contributed by atoms with Crippen LogP contribution in [0.3, 0.4) is 0 Å². The number of hydrogen-bond donors (Lipinski definition) is 2.